The number of hydrazine groups is 1. The average Bonchev–Trinajstić information content (AvgIpc) is 2.87. The molecule has 2 aromatic rings. The number of rotatable bonds is 3. The fraction of sp³-hybridized carbons (Fsp3) is 0.200. The molecular weight excluding hydrogens is 323 g/mol. The minimum absolute atomic E-state index is 0.221. The van der Waals surface area contributed by atoms with Crippen molar-refractivity contribution in [3.05, 3.63) is 63.9 Å². The molecule has 20 heavy (non-hydrogen) atoms. The maximum Gasteiger partial charge on any atom is 0.142 e. The van der Waals surface area contributed by atoms with Gasteiger partial charge in [0.05, 0.1) is 10.5 Å². The number of hydrogen-bond donors (Lipinski definition) is 2. The molecule has 1 heterocycles. The summed E-state index contributed by atoms with van der Waals surface area (Å²) >= 11 is 3.20. The van der Waals surface area contributed by atoms with Crippen LogP contribution in [0.15, 0.2) is 46.9 Å². The zero-order valence-electron chi connectivity index (χ0n) is 10.6. The van der Waals surface area contributed by atoms with E-state index in [2.05, 4.69) is 21.4 Å². The van der Waals surface area contributed by atoms with Crippen molar-refractivity contribution < 1.29 is 9.13 Å². The molecule has 2 unspecified atom stereocenters. The van der Waals surface area contributed by atoms with E-state index in [1.54, 1.807) is 18.2 Å². The quantitative estimate of drug-likeness (QED) is 0.668. The van der Waals surface area contributed by atoms with Gasteiger partial charge in [0.15, 0.2) is 0 Å². The Bertz CT molecular complexity index is 610. The van der Waals surface area contributed by atoms with Crippen LogP contribution in [0.4, 0.5) is 4.39 Å². The van der Waals surface area contributed by atoms with Crippen LogP contribution in [-0.4, -0.2) is 6.10 Å². The first-order chi connectivity index (χ1) is 9.70. The van der Waals surface area contributed by atoms with Crippen LogP contribution >= 0.6 is 15.9 Å². The number of benzene rings is 2. The van der Waals surface area contributed by atoms with E-state index in [1.807, 2.05) is 24.3 Å². The standard InChI is InChI=1S/C15H14BrFN2O/c16-11-6-3-5-10(14(11)17)15(19-18)13-8-9-4-1-2-7-12(9)20-13/h1-7,13,15,19H,8,18H2. The molecule has 1 aliphatic rings. The van der Waals surface area contributed by atoms with Crippen LogP contribution in [-0.2, 0) is 6.42 Å². The number of halogens is 2. The van der Waals surface area contributed by atoms with E-state index in [4.69, 9.17) is 10.6 Å². The average molecular weight is 337 g/mol. The lowest BCUT2D eigenvalue weighted by atomic mass is 9.98. The second-order valence-corrected chi connectivity index (χ2v) is 5.61. The minimum atomic E-state index is -0.403. The van der Waals surface area contributed by atoms with Gasteiger partial charge in [-0.25, -0.2) is 9.82 Å². The number of para-hydroxylation sites is 1. The molecule has 3 N–H and O–H groups in total. The smallest absolute Gasteiger partial charge is 0.142 e. The predicted molar refractivity (Wildman–Crippen MR) is 78.7 cm³/mol. The van der Waals surface area contributed by atoms with E-state index in [0.29, 0.717) is 16.5 Å². The van der Waals surface area contributed by atoms with Crippen molar-refractivity contribution in [2.45, 2.75) is 18.6 Å². The highest BCUT2D eigenvalue weighted by molar-refractivity contribution is 9.10. The highest BCUT2D eigenvalue weighted by atomic mass is 79.9. The zero-order chi connectivity index (χ0) is 14.1. The minimum Gasteiger partial charge on any atom is -0.488 e. The molecule has 3 rings (SSSR count). The Kier molecular flexibility index (Phi) is 3.74. The summed E-state index contributed by atoms with van der Waals surface area (Å²) in [6, 6.07) is 12.6. The summed E-state index contributed by atoms with van der Waals surface area (Å²) < 4.78 is 20.5. The molecule has 0 saturated heterocycles. The van der Waals surface area contributed by atoms with Gasteiger partial charge in [0.2, 0.25) is 0 Å². The van der Waals surface area contributed by atoms with Gasteiger partial charge >= 0.3 is 0 Å². The van der Waals surface area contributed by atoms with Crippen molar-refractivity contribution in [1.82, 2.24) is 5.43 Å². The Morgan fingerprint density at radius 1 is 1.25 bits per heavy atom. The monoisotopic (exact) mass is 336 g/mol. The third kappa shape index (κ3) is 2.32. The molecular formula is C15H14BrFN2O. The van der Waals surface area contributed by atoms with Crippen molar-refractivity contribution in [1.29, 1.82) is 0 Å². The second kappa shape index (κ2) is 5.52. The van der Waals surface area contributed by atoms with Gasteiger partial charge in [0, 0.05) is 12.0 Å². The molecule has 2 aromatic carbocycles. The number of nitrogens with one attached hydrogen (secondary N) is 1. The third-order valence-electron chi connectivity index (χ3n) is 3.54. The Labute approximate surface area is 125 Å². The Morgan fingerprint density at radius 3 is 2.80 bits per heavy atom. The first-order valence-electron chi connectivity index (χ1n) is 6.35. The Balaban J connectivity index is 1.91. The maximum atomic E-state index is 14.2. The van der Waals surface area contributed by atoms with Gasteiger partial charge in [-0.05, 0) is 33.6 Å². The summed E-state index contributed by atoms with van der Waals surface area (Å²) in [7, 11) is 0. The predicted octanol–water partition coefficient (Wildman–Crippen LogP) is 3.10. The Hall–Kier alpha value is -1.43. The van der Waals surface area contributed by atoms with Crippen LogP contribution in [0.5, 0.6) is 5.75 Å². The molecule has 104 valence electrons. The van der Waals surface area contributed by atoms with Gasteiger partial charge in [-0.1, -0.05) is 30.3 Å². The first kappa shape index (κ1) is 13.5. The molecule has 0 aliphatic carbocycles. The van der Waals surface area contributed by atoms with E-state index in [1.165, 1.54) is 0 Å². The van der Waals surface area contributed by atoms with E-state index in [0.717, 1.165) is 11.3 Å². The molecule has 0 amide bonds. The van der Waals surface area contributed by atoms with Gasteiger partial charge in [0.1, 0.15) is 17.7 Å². The van der Waals surface area contributed by atoms with Crippen LogP contribution in [0, 0.1) is 5.82 Å². The summed E-state index contributed by atoms with van der Waals surface area (Å²) in [5.74, 6) is 6.16. The fourth-order valence-electron chi connectivity index (χ4n) is 2.55. The van der Waals surface area contributed by atoms with E-state index < -0.39 is 6.04 Å². The van der Waals surface area contributed by atoms with Gasteiger partial charge < -0.3 is 4.74 Å². The van der Waals surface area contributed by atoms with Gasteiger partial charge in [-0.15, -0.1) is 0 Å². The van der Waals surface area contributed by atoms with Crippen LogP contribution in [0.2, 0.25) is 0 Å². The maximum absolute atomic E-state index is 14.2. The molecule has 0 saturated carbocycles. The summed E-state index contributed by atoms with van der Waals surface area (Å²) in [4.78, 5) is 0. The van der Waals surface area contributed by atoms with Gasteiger partial charge in [0.25, 0.3) is 0 Å². The Morgan fingerprint density at radius 2 is 2.05 bits per heavy atom. The summed E-state index contributed by atoms with van der Waals surface area (Å²) in [5, 5.41) is 0. The van der Waals surface area contributed by atoms with Crippen LogP contribution in [0.1, 0.15) is 17.2 Å². The molecule has 1 aliphatic heterocycles. The molecule has 0 fully saturated rings. The van der Waals surface area contributed by atoms with Gasteiger partial charge in [-0.3, -0.25) is 5.84 Å². The van der Waals surface area contributed by atoms with Crippen molar-refractivity contribution >= 4 is 15.9 Å². The normalized spacial score (nSPS) is 18.4. The van der Waals surface area contributed by atoms with Gasteiger partial charge in [-0.2, -0.15) is 0 Å². The zero-order valence-corrected chi connectivity index (χ0v) is 12.2. The number of hydrogen-bond acceptors (Lipinski definition) is 3. The van der Waals surface area contributed by atoms with Crippen LogP contribution in [0.25, 0.3) is 0 Å². The molecule has 0 bridgehead atoms. The van der Waals surface area contributed by atoms with E-state index in [9.17, 15) is 4.39 Å². The van der Waals surface area contributed by atoms with Crippen molar-refractivity contribution in [3.8, 4) is 5.75 Å². The molecule has 3 nitrogen and oxygen atoms in total. The highest BCUT2D eigenvalue weighted by Gasteiger charge is 2.32. The SMILES string of the molecule is NNC(c1cccc(Br)c1F)C1Cc2ccccc2O1. The lowest BCUT2D eigenvalue weighted by Crippen LogP contribution is -2.39. The number of ether oxygens (including phenoxy) is 1. The van der Waals surface area contributed by atoms with Crippen LogP contribution in [0.3, 0.4) is 0 Å². The van der Waals surface area contributed by atoms with E-state index >= 15 is 0 Å². The first-order valence-corrected chi connectivity index (χ1v) is 7.14. The van der Waals surface area contributed by atoms with Crippen molar-refractivity contribution in [2.75, 3.05) is 0 Å². The van der Waals surface area contributed by atoms with E-state index in [-0.39, 0.29) is 11.9 Å². The molecule has 2 atom stereocenters. The molecule has 0 aromatic heterocycles. The fourth-order valence-corrected chi connectivity index (χ4v) is 2.93. The largest absolute Gasteiger partial charge is 0.488 e. The lowest BCUT2D eigenvalue weighted by molar-refractivity contribution is 0.176. The number of fused-ring (bicyclic) bond motifs is 1. The number of nitrogens with two attached hydrogens (primary N) is 1. The highest BCUT2D eigenvalue weighted by Crippen LogP contribution is 2.35. The molecule has 5 heteroatoms. The van der Waals surface area contributed by atoms with Crippen molar-refractivity contribution in [2.24, 2.45) is 5.84 Å². The topological polar surface area (TPSA) is 47.3 Å². The summed E-state index contributed by atoms with van der Waals surface area (Å²) in [6.07, 6.45) is 0.484. The molecule has 0 spiro atoms. The summed E-state index contributed by atoms with van der Waals surface area (Å²) in [5.41, 5.74) is 4.30. The van der Waals surface area contributed by atoms with Crippen LogP contribution < -0.4 is 16.0 Å². The second-order valence-electron chi connectivity index (χ2n) is 4.76. The third-order valence-corrected chi connectivity index (χ3v) is 4.15. The lowest BCUT2D eigenvalue weighted by Gasteiger charge is -2.23. The van der Waals surface area contributed by atoms with Crippen molar-refractivity contribution in [3.63, 3.8) is 0 Å². The molecule has 0 radical (unpaired) electrons. The summed E-state index contributed by atoms with van der Waals surface area (Å²) in [6.45, 7) is 0.